The van der Waals surface area contributed by atoms with E-state index in [1.807, 2.05) is 6.07 Å². The first-order chi connectivity index (χ1) is 15.2. The van der Waals surface area contributed by atoms with Crippen molar-refractivity contribution < 1.29 is 40.8 Å². The van der Waals surface area contributed by atoms with E-state index in [1.165, 1.54) is 0 Å². The maximum atomic E-state index is 13.5. The van der Waals surface area contributed by atoms with E-state index in [0.717, 1.165) is 10.7 Å². The van der Waals surface area contributed by atoms with E-state index in [9.17, 15) is 26.8 Å². The molecule has 1 aromatic carbocycles. The van der Waals surface area contributed by atoms with Gasteiger partial charge in [-0.25, -0.2) is 4.79 Å². The summed E-state index contributed by atoms with van der Waals surface area (Å²) in [5, 5.41) is -4.56. The molecule has 5 rings (SSSR count). The van der Waals surface area contributed by atoms with Gasteiger partial charge in [0.25, 0.3) is 0 Å². The van der Waals surface area contributed by atoms with Crippen LogP contribution < -0.4 is 0 Å². The number of halogens is 5. The van der Waals surface area contributed by atoms with Crippen molar-refractivity contribution in [3.63, 3.8) is 0 Å². The lowest BCUT2D eigenvalue weighted by atomic mass is 9.50. The summed E-state index contributed by atoms with van der Waals surface area (Å²) in [7, 11) is -5.68. The number of rotatable bonds is 6. The molecule has 0 aliphatic heterocycles. The van der Waals surface area contributed by atoms with Crippen LogP contribution in [0.2, 0.25) is 0 Å². The summed E-state index contributed by atoms with van der Waals surface area (Å²) in [6.07, 6.45) is 2.95. The third kappa shape index (κ3) is 5.16. The molecule has 2 atom stereocenters. The molecule has 1 N–H and O–H groups in total. The van der Waals surface area contributed by atoms with Gasteiger partial charge in [-0.2, -0.15) is 17.2 Å². The van der Waals surface area contributed by atoms with Crippen LogP contribution in [0.25, 0.3) is 0 Å². The van der Waals surface area contributed by atoms with Gasteiger partial charge in [-0.1, -0.05) is 0 Å². The average Bonchev–Trinajstić information content (AvgIpc) is 2.67. The molecule has 1 aromatic rings. The lowest BCUT2D eigenvalue weighted by Gasteiger charge is -2.58. The number of benzene rings is 1. The fourth-order valence-electron chi connectivity index (χ4n) is 5.74. The van der Waals surface area contributed by atoms with Crippen molar-refractivity contribution in [3.05, 3.63) is 28.4 Å². The van der Waals surface area contributed by atoms with Crippen LogP contribution in [0, 0.1) is 34.4 Å². The fraction of sp³-hybridized carbons (Fsp3) is 0.600. The standard InChI is InChI=1S/C20H19F2I3O7S/c21-20(22,33(28,29)30)8-31-18(27)15-10-1-9-2-11(15)7-19(5-9,6-10)32-17(26)13-3-12(23)4-14(24)16(13)25/h3-4,9-11,15H,1-2,5-8H2,(H,28,29,30). The molecule has 0 heterocycles. The first-order valence-corrected chi connectivity index (χ1v) is 14.8. The van der Waals surface area contributed by atoms with Gasteiger partial charge < -0.3 is 9.47 Å². The lowest BCUT2D eigenvalue weighted by Crippen LogP contribution is -2.58. The molecule has 4 aliphatic carbocycles. The Morgan fingerprint density at radius 2 is 1.73 bits per heavy atom. The number of hydrogen-bond donors (Lipinski definition) is 1. The second-order valence-corrected chi connectivity index (χ2v) is 14.1. The van der Waals surface area contributed by atoms with Gasteiger partial charge in [-0.05, 0) is 130 Å². The van der Waals surface area contributed by atoms with E-state index in [4.69, 9.17) is 9.29 Å². The van der Waals surface area contributed by atoms with Crippen molar-refractivity contribution in [2.24, 2.45) is 23.7 Å². The largest absolute Gasteiger partial charge is 0.458 e. The van der Waals surface area contributed by atoms with Crippen molar-refractivity contribution in [2.45, 2.75) is 43.0 Å². The van der Waals surface area contributed by atoms with Gasteiger partial charge in [-0.3, -0.25) is 9.35 Å². The number of carbonyl (C=O) groups excluding carboxylic acids is 2. The minimum Gasteiger partial charge on any atom is -0.458 e. The highest BCUT2D eigenvalue weighted by Gasteiger charge is 2.60. The molecule has 4 fully saturated rings. The molecule has 0 amide bonds. The van der Waals surface area contributed by atoms with Crippen LogP contribution in [-0.2, 0) is 24.4 Å². The van der Waals surface area contributed by atoms with Crippen LogP contribution in [0.5, 0.6) is 0 Å². The number of hydrogen-bond acceptors (Lipinski definition) is 6. The van der Waals surface area contributed by atoms with E-state index < -0.39 is 45.4 Å². The molecule has 0 radical (unpaired) electrons. The number of carbonyl (C=O) groups is 2. The Balaban J connectivity index is 1.48. The van der Waals surface area contributed by atoms with Crippen molar-refractivity contribution in [1.82, 2.24) is 0 Å². The summed E-state index contributed by atoms with van der Waals surface area (Å²) in [5.41, 5.74) is -0.218. The highest BCUT2D eigenvalue weighted by atomic mass is 127. The first kappa shape index (κ1) is 26.2. The third-order valence-corrected chi connectivity index (χ3v) is 11.3. The number of esters is 2. The Labute approximate surface area is 230 Å². The van der Waals surface area contributed by atoms with E-state index in [2.05, 4.69) is 72.5 Å². The molecular weight excluding hydrogens is 803 g/mol. The Hall–Kier alpha value is 0.120. The van der Waals surface area contributed by atoms with Crippen LogP contribution in [0.4, 0.5) is 8.78 Å². The van der Waals surface area contributed by atoms with Crippen LogP contribution >= 0.6 is 67.8 Å². The smallest absolute Gasteiger partial charge is 0.402 e. The van der Waals surface area contributed by atoms with Gasteiger partial charge in [0.15, 0.2) is 6.61 Å². The summed E-state index contributed by atoms with van der Waals surface area (Å²) in [6.45, 7) is -1.73. The molecule has 2 unspecified atom stereocenters. The second kappa shape index (κ2) is 9.21. The monoisotopic (exact) mass is 822 g/mol. The van der Waals surface area contributed by atoms with Gasteiger partial charge in [-0.15, -0.1) is 0 Å². The van der Waals surface area contributed by atoms with E-state index in [-0.39, 0.29) is 17.8 Å². The SMILES string of the molecule is O=C(OC12CC3CC(C1)C(C(=O)OCC(F)(F)S(=O)(=O)O)C(C3)C2)c1cc(I)cc(I)c1I. The zero-order valence-electron chi connectivity index (χ0n) is 16.9. The third-order valence-electron chi connectivity index (χ3n) is 6.77. The highest BCUT2D eigenvalue weighted by Crippen LogP contribution is 2.60. The molecule has 13 heteroatoms. The fourth-order valence-corrected chi connectivity index (χ4v) is 8.33. The molecule has 182 valence electrons. The second-order valence-electron chi connectivity index (χ2n) is 9.04. The zero-order valence-corrected chi connectivity index (χ0v) is 24.2. The molecule has 7 nitrogen and oxygen atoms in total. The predicted molar refractivity (Wildman–Crippen MR) is 137 cm³/mol. The Bertz CT molecular complexity index is 1100. The van der Waals surface area contributed by atoms with Gasteiger partial charge in [0.05, 0.1) is 11.5 Å². The van der Waals surface area contributed by atoms with Gasteiger partial charge in [0.1, 0.15) is 5.60 Å². The van der Waals surface area contributed by atoms with Crippen molar-refractivity contribution in [2.75, 3.05) is 6.61 Å². The summed E-state index contributed by atoms with van der Waals surface area (Å²) >= 11 is 6.43. The molecular formula is C20H19F2I3O7S. The quantitative estimate of drug-likeness (QED) is 0.189. The maximum Gasteiger partial charge on any atom is 0.402 e. The molecule has 0 aromatic heterocycles. The molecule has 4 saturated carbocycles. The van der Waals surface area contributed by atoms with Crippen molar-refractivity contribution >= 4 is 89.8 Å². The predicted octanol–water partition coefficient (Wildman–Crippen LogP) is 4.88. The summed E-state index contributed by atoms with van der Waals surface area (Å²) in [4.78, 5) is 25.7. The minimum absolute atomic E-state index is 0.203. The molecule has 0 spiro atoms. The Kier molecular flexibility index (Phi) is 7.31. The molecule has 4 aliphatic rings. The average molecular weight is 822 g/mol. The maximum absolute atomic E-state index is 13.5. The van der Waals surface area contributed by atoms with Crippen LogP contribution in [0.1, 0.15) is 42.5 Å². The summed E-state index contributed by atoms with van der Waals surface area (Å²) < 4.78 is 70.6. The minimum atomic E-state index is -5.68. The zero-order chi connectivity index (χ0) is 24.3. The normalized spacial score (nSPS) is 30.8. The van der Waals surface area contributed by atoms with Crippen LogP contribution in [0.3, 0.4) is 0 Å². The van der Waals surface area contributed by atoms with E-state index in [0.29, 0.717) is 37.7 Å². The van der Waals surface area contributed by atoms with E-state index in [1.54, 1.807) is 6.07 Å². The highest BCUT2D eigenvalue weighted by molar-refractivity contribution is 14.1. The Morgan fingerprint density at radius 1 is 1.12 bits per heavy atom. The van der Waals surface area contributed by atoms with Gasteiger partial charge in [0.2, 0.25) is 0 Å². The summed E-state index contributed by atoms with van der Waals surface area (Å²) in [5.74, 6) is -2.12. The molecule has 33 heavy (non-hydrogen) atoms. The van der Waals surface area contributed by atoms with Gasteiger partial charge >= 0.3 is 27.3 Å². The van der Waals surface area contributed by atoms with Crippen molar-refractivity contribution in [1.29, 1.82) is 0 Å². The van der Waals surface area contributed by atoms with Gasteiger partial charge in [0, 0.05) is 10.7 Å². The van der Waals surface area contributed by atoms with Crippen LogP contribution in [-0.4, -0.2) is 42.4 Å². The summed E-state index contributed by atoms with van der Waals surface area (Å²) in [6, 6.07) is 3.75. The Morgan fingerprint density at radius 3 is 2.30 bits per heavy atom. The van der Waals surface area contributed by atoms with E-state index >= 15 is 0 Å². The van der Waals surface area contributed by atoms with Crippen molar-refractivity contribution in [3.8, 4) is 0 Å². The molecule has 0 saturated heterocycles. The number of ether oxygens (including phenoxy) is 2. The van der Waals surface area contributed by atoms with Crippen LogP contribution in [0.15, 0.2) is 12.1 Å². The number of alkyl halides is 2. The molecule has 4 bridgehead atoms. The lowest BCUT2D eigenvalue weighted by molar-refractivity contribution is -0.186. The topological polar surface area (TPSA) is 107 Å². The first-order valence-electron chi connectivity index (χ1n) is 10.1.